The van der Waals surface area contributed by atoms with Crippen LogP contribution in [-0.4, -0.2) is 25.2 Å². The number of nitrogens with zero attached hydrogens (tertiary/aromatic N) is 3. The lowest BCUT2D eigenvalue weighted by Gasteiger charge is -2.29. The second-order valence-corrected chi connectivity index (χ2v) is 6.46. The van der Waals surface area contributed by atoms with Gasteiger partial charge in [-0.05, 0) is 19.4 Å². The van der Waals surface area contributed by atoms with Crippen molar-refractivity contribution in [2.24, 2.45) is 0 Å². The van der Waals surface area contributed by atoms with Gasteiger partial charge in [0.15, 0.2) is 0 Å². The normalized spacial score (nSPS) is 18.0. The minimum absolute atomic E-state index is 0.0519. The van der Waals surface area contributed by atoms with Crippen LogP contribution in [0.5, 0.6) is 0 Å². The molecule has 4 rings (SSSR count). The van der Waals surface area contributed by atoms with Gasteiger partial charge in [-0.2, -0.15) is 5.10 Å². The van der Waals surface area contributed by atoms with Crippen LogP contribution in [0.2, 0.25) is 0 Å². The molecule has 0 saturated heterocycles. The second kappa shape index (κ2) is 3.43. The summed E-state index contributed by atoms with van der Waals surface area (Å²) in [5, 5.41) is 7.31. The molecule has 7 heteroatoms. The third-order valence-corrected chi connectivity index (χ3v) is 4.57. The first-order chi connectivity index (χ1) is 9.05. The summed E-state index contributed by atoms with van der Waals surface area (Å²) in [7, 11) is 0. The first-order valence-electron chi connectivity index (χ1n) is 6.05. The summed E-state index contributed by atoms with van der Waals surface area (Å²) in [6.07, 6.45) is 2.21. The molecule has 0 bridgehead atoms. The first-order valence-corrected chi connectivity index (χ1v) is 6.87. The maximum Gasteiger partial charge on any atom is 0.269 e. The summed E-state index contributed by atoms with van der Waals surface area (Å²) in [6, 6.07) is 0. The summed E-state index contributed by atoms with van der Waals surface area (Å²) in [6.45, 7) is 4.64. The Hall–Kier alpha value is -1.73. The average Bonchev–Trinajstić information content (AvgIpc) is 2.92. The number of hydrogen-bond acceptors (Lipinski definition) is 5. The van der Waals surface area contributed by atoms with E-state index in [2.05, 4.69) is 15.2 Å². The minimum atomic E-state index is -0.233. The van der Waals surface area contributed by atoms with E-state index in [0.717, 1.165) is 27.1 Å². The molecular formula is C12H12N4O2S. The molecule has 3 aromatic heterocycles. The molecule has 1 aliphatic rings. The minimum Gasteiger partial charge on any atom is -0.370 e. The SMILES string of the molecule is CC1(C)Cc2c(sc3nc4[nH]ncn4c(=O)c23)CO1. The van der Waals surface area contributed by atoms with E-state index in [1.165, 1.54) is 22.1 Å². The number of aromatic amines is 1. The van der Waals surface area contributed by atoms with Crippen LogP contribution < -0.4 is 5.56 Å². The largest absolute Gasteiger partial charge is 0.370 e. The molecule has 0 fully saturated rings. The Balaban J connectivity index is 2.12. The lowest BCUT2D eigenvalue weighted by molar-refractivity contribution is -0.0379. The fourth-order valence-corrected chi connectivity index (χ4v) is 3.63. The van der Waals surface area contributed by atoms with Gasteiger partial charge >= 0.3 is 0 Å². The monoisotopic (exact) mass is 276 g/mol. The van der Waals surface area contributed by atoms with Crippen LogP contribution in [0.3, 0.4) is 0 Å². The van der Waals surface area contributed by atoms with Crippen molar-refractivity contribution in [1.82, 2.24) is 19.6 Å². The van der Waals surface area contributed by atoms with Gasteiger partial charge in [0, 0.05) is 11.3 Å². The fraction of sp³-hybridized carbons (Fsp3) is 0.417. The van der Waals surface area contributed by atoms with Gasteiger partial charge in [0.05, 0.1) is 17.6 Å². The summed E-state index contributed by atoms with van der Waals surface area (Å²) in [5.41, 5.74) is 0.803. The Bertz CT molecular complexity index is 858. The van der Waals surface area contributed by atoms with Gasteiger partial charge in [0.25, 0.3) is 5.56 Å². The van der Waals surface area contributed by atoms with E-state index in [1.54, 1.807) is 0 Å². The van der Waals surface area contributed by atoms with Crippen LogP contribution in [0.25, 0.3) is 16.0 Å². The molecule has 1 aliphatic heterocycles. The molecule has 0 saturated carbocycles. The molecule has 0 aromatic carbocycles. The van der Waals surface area contributed by atoms with Crippen molar-refractivity contribution < 1.29 is 4.74 Å². The lowest BCUT2D eigenvalue weighted by atomic mass is 9.94. The Labute approximate surface area is 112 Å². The fourth-order valence-electron chi connectivity index (χ4n) is 2.54. The van der Waals surface area contributed by atoms with Crippen LogP contribution in [0.15, 0.2) is 11.1 Å². The Kier molecular flexibility index (Phi) is 2.01. The predicted octanol–water partition coefficient (Wildman–Crippen LogP) is 1.48. The molecular weight excluding hydrogens is 264 g/mol. The number of rotatable bonds is 0. The molecule has 98 valence electrons. The molecule has 0 amide bonds. The second-order valence-electron chi connectivity index (χ2n) is 5.38. The average molecular weight is 276 g/mol. The third kappa shape index (κ3) is 1.48. The van der Waals surface area contributed by atoms with Crippen molar-refractivity contribution >= 4 is 27.3 Å². The summed E-state index contributed by atoms with van der Waals surface area (Å²) < 4.78 is 7.25. The summed E-state index contributed by atoms with van der Waals surface area (Å²) in [5.74, 6) is 0.483. The van der Waals surface area contributed by atoms with Crippen molar-refractivity contribution in [3.63, 3.8) is 0 Å². The maximum atomic E-state index is 12.5. The number of H-pyrrole nitrogens is 1. The molecule has 0 radical (unpaired) electrons. The smallest absolute Gasteiger partial charge is 0.269 e. The van der Waals surface area contributed by atoms with Crippen molar-refractivity contribution in [3.8, 4) is 0 Å². The Morgan fingerprint density at radius 2 is 2.37 bits per heavy atom. The van der Waals surface area contributed by atoms with E-state index in [-0.39, 0.29) is 11.2 Å². The lowest BCUT2D eigenvalue weighted by Crippen LogP contribution is -2.31. The number of ether oxygens (including phenoxy) is 1. The molecule has 3 aromatic rings. The molecule has 4 heterocycles. The van der Waals surface area contributed by atoms with Crippen molar-refractivity contribution in [1.29, 1.82) is 0 Å². The quantitative estimate of drug-likeness (QED) is 0.675. The Morgan fingerprint density at radius 1 is 1.53 bits per heavy atom. The molecule has 1 N–H and O–H groups in total. The van der Waals surface area contributed by atoms with E-state index < -0.39 is 0 Å². The number of aromatic nitrogens is 4. The molecule has 0 aliphatic carbocycles. The topological polar surface area (TPSA) is 72.3 Å². The number of nitrogens with one attached hydrogen (secondary N) is 1. The Morgan fingerprint density at radius 3 is 3.21 bits per heavy atom. The highest BCUT2D eigenvalue weighted by Gasteiger charge is 2.30. The number of hydrogen-bond donors (Lipinski definition) is 1. The highest BCUT2D eigenvalue weighted by molar-refractivity contribution is 7.18. The molecule has 0 spiro atoms. The van der Waals surface area contributed by atoms with E-state index in [0.29, 0.717) is 12.4 Å². The first kappa shape index (κ1) is 11.1. The third-order valence-electron chi connectivity index (χ3n) is 3.47. The van der Waals surface area contributed by atoms with E-state index in [4.69, 9.17) is 4.74 Å². The number of fused-ring (bicyclic) bond motifs is 4. The van der Waals surface area contributed by atoms with Gasteiger partial charge in [-0.1, -0.05) is 0 Å². The molecule has 6 nitrogen and oxygen atoms in total. The van der Waals surface area contributed by atoms with Crippen LogP contribution in [0.4, 0.5) is 0 Å². The van der Waals surface area contributed by atoms with E-state index in [1.807, 2.05) is 13.8 Å². The highest BCUT2D eigenvalue weighted by Crippen LogP contribution is 2.36. The van der Waals surface area contributed by atoms with E-state index in [9.17, 15) is 4.79 Å². The zero-order chi connectivity index (χ0) is 13.2. The molecule has 19 heavy (non-hydrogen) atoms. The molecule has 0 unspecified atom stereocenters. The van der Waals surface area contributed by atoms with Crippen molar-refractivity contribution in [2.75, 3.05) is 0 Å². The van der Waals surface area contributed by atoms with Gasteiger partial charge < -0.3 is 4.74 Å². The van der Waals surface area contributed by atoms with Gasteiger partial charge in [-0.3, -0.25) is 4.79 Å². The van der Waals surface area contributed by atoms with Crippen molar-refractivity contribution in [2.45, 2.75) is 32.5 Å². The van der Waals surface area contributed by atoms with Gasteiger partial charge in [0.2, 0.25) is 5.78 Å². The van der Waals surface area contributed by atoms with Crippen LogP contribution in [-0.2, 0) is 17.8 Å². The van der Waals surface area contributed by atoms with Gasteiger partial charge in [0.1, 0.15) is 11.2 Å². The summed E-state index contributed by atoms with van der Waals surface area (Å²) >= 11 is 1.54. The van der Waals surface area contributed by atoms with Crippen LogP contribution in [0, 0.1) is 0 Å². The zero-order valence-electron chi connectivity index (χ0n) is 10.6. The maximum absolute atomic E-state index is 12.5. The van der Waals surface area contributed by atoms with E-state index >= 15 is 0 Å². The van der Waals surface area contributed by atoms with Gasteiger partial charge in [-0.15, -0.1) is 11.3 Å². The van der Waals surface area contributed by atoms with Gasteiger partial charge in [-0.25, -0.2) is 14.5 Å². The number of thiophene rings is 1. The standard InChI is InChI=1S/C12H12N4O2S/c1-12(2)3-6-7(4-18-12)19-9-8(6)10(17)16-5-13-15-11(16)14-9/h5H,3-4H2,1-2H3,(H,14,15). The molecule has 0 atom stereocenters. The summed E-state index contributed by atoms with van der Waals surface area (Å²) in [4.78, 5) is 18.9. The van der Waals surface area contributed by atoms with Crippen LogP contribution in [0.1, 0.15) is 24.3 Å². The highest BCUT2D eigenvalue weighted by atomic mass is 32.1. The van der Waals surface area contributed by atoms with Crippen LogP contribution >= 0.6 is 11.3 Å². The zero-order valence-corrected chi connectivity index (χ0v) is 11.4. The predicted molar refractivity (Wildman–Crippen MR) is 71.6 cm³/mol. The van der Waals surface area contributed by atoms with Crippen molar-refractivity contribution in [3.05, 3.63) is 27.1 Å².